The monoisotopic (exact) mass is 435 g/mol. The van der Waals surface area contributed by atoms with E-state index in [1.54, 1.807) is 0 Å². The average Bonchev–Trinajstić information content (AvgIpc) is 2.95. The minimum absolute atomic E-state index is 0.0724. The van der Waals surface area contributed by atoms with Crippen LogP contribution in [-0.4, -0.2) is 39.5 Å². The summed E-state index contributed by atoms with van der Waals surface area (Å²) in [6.45, 7) is 0.393. The minimum atomic E-state index is -1.02. The summed E-state index contributed by atoms with van der Waals surface area (Å²) in [5.74, 6) is -4.12. The number of fused-ring (bicyclic) bond motifs is 4. The number of nitrogens with one attached hydrogen (secondary N) is 1. The molecule has 30 heavy (non-hydrogen) atoms. The van der Waals surface area contributed by atoms with Gasteiger partial charge in [0.15, 0.2) is 11.4 Å². The van der Waals surface area contributed by atoms with Gasteiger partial charge < -0.3 is 19.9 Å². The lowest BCUT2D eigenvalue weighted by molar-refractivity contribution is 0.0688. The second-order valence-electron chi connectivity index (χ2n) is 7.06. The summed E-state index contributed by atoms with van der Waals surface area (Å²) in [6.07, 6.45) is 5.51. The van der Waals surface area contributed by atoms with Gasteiger partial charge in [-0.25, -0.2) is 8.78 Å². The number of aromatic hydroxyl groups is 1. The van der Waals surface area contributed by atoms with Gasteiger partial charge in [0.25, 0.3) is 11.8 Å². The van der Waals surface area contributed by atoms with E-state index in [2.05, 4.69) is 5.32 Å². The summed E-state index contributed by atoms with van der Waals surface area (Å²) in [7, 11) is 0. The molecule has 1 aromatic heterocycles. The molecule has 1 unspecified atom stereocenters. The Hall–Kier alpha value is -3.20. The molecule has 1 atom stereocenters. The van der Waals surface area contributed by atoms with E-state index in [1.807, 2.05) is 12.2 Å². The third-order valence-corrected chi connectivity index (χ3v) is 5.57. The minimum Gasteiger partial charge on any atom is -0.503 e. The first-order valence-electron chi connectivity index (χ1n) is 9.12. The van der Waals surface area contributed by atoms with Gasteiger partial charge in [-0.05, 0) is 12.5 Å². The molecule has 0 radical (unpaired) electrons. The van der Waals surface area contributed by atoms with Crippen molar-refractivity contribution in [1.82, 2.24) is 14.8 Å². The highest BCUT2D eigenvalue weighted by Crippen LogP contribution is 2.30. The van der Waals surface area contributed by atoms with Crippen molar-refractivity contribution < 1.29 is 23.5 Å². The SMILES string of the molecule is O=C(NCc1ccc(F)c(Cl)c1F)c1cn2c(c(O)c1=O)C(=O)N1CC=CCC2C1. The quantitative estimate of drug-likeness (QED) is 0.572. The maximum Gasteiger partial charge on any atom is 0.274 e. The van der Waals surface area contributed by atoms with Gasteiger partial charge in [0.1, 0.15) is 22.2 Å². The average molecular weight is 436 g/mol. The molecule has 0 saturated carbocycles. The Labute approximate surface area is 174 Å². The number of amides is 2. The number of benzene rings is 1. The summed E-state index contributed by atoms with van der Waals surface area (Å²) in [4.78, 5) is 39.3. The number of carbonyl (C=O) groups excluding carboxylic acids is 2. The highest BCUT2D eigenvalue weighted by Gasteiger charge is 2.35. The van der Waals surface area contributed by atoms with Crippen molar-refractivity contribution >= 4 is 23.4 Å². The summed E-state index contributed by atoms with van der Waals surface area (Å²) in [5, 5.41) is 12.1. The first-order valence-corrected chi connectivity index (χ1v) is 9.50. The van der Waals surface area contributed by atoms with Gasteiger partial charge in [0.2, 0.25) is 5.43 Å². The first kappa shape index (κ1) is 20.1. The molecule has 0 aliphatic carbocycles. The van der Waals surface area contributed by atoms with Crippen molar-refractivity contribution in [1.29, 1.82) is 0 Å². The molecule has 2 N–H and O–H groups in total. The van der Waals surface area contributed by atoms with Gasteiger partial charge in [-0.15, -0.1) is 0 Å². The molecule has 0 saturated heterocycles. The molecule has 2 aliphatic heterocycles. The lowest BCUT2D eigenvalue weighted by atomic mass is 10.1. The van der Waals surface area contributed by atoms with Crippen molar-refractivity contribution in [2.75, 3.05) is 13.1 Å². The molecule has 0 fully saturated rings. The molecule has 4 rings (SSSR count). The van der Waals surface area contributed by atoms with Gasteiger partial charge >= 0.3 is 0 Å². The molecule has 3 heterocycles. The molecular formula is C20H16ClF2N3O4. The number of hydrogen-bond acceptors (Lipinski definition) is 4. The maximum absolute atomic E-state index is 14.0. The van der Waals surface area contributed by atoms with Crippen molar-refractivity contribution in [3.8, 4) is 5.75 Å². The van der Waals surface area contributed by atoms with Crippen molar-refractivity contribution in [3.63, 3.8) is 0 Å². The molecule has 0 spiro atoms. The zero-order valence-electron chi connectivity index (χ0n) is 15.5. The smallest absolute Gasteiger partial charge is 0.274 e. The molecule has 1 aromatic carbocycles. The fraction of sp³-hybridized carbons (Fsp3) is 0.250. The van der Waals surface area contributed by atoms with Crippen LogP contribution in [0.25, 0.3) is 0 Å². The number of carbonyl (C=O) groups is 2. The van der Waals surface area contributed by atoms with Crippen LogP contribution in [-0.2, 0) is 6.54 Å². The van der Waals surface area contributed by atoms with Crippen LogP contribution in [0.5, 0.6) is 5.75 Å². The van der Waals surface area contributed by atoms with Crippen LogP contribution < -0.4 is 10.7 Å². The molecular weight excluding hydrogens is 420 g/mol. The van der Waals surface area contributed by atoms with Gasteiger partial charge in [0, 0.05) is 31.4 Å². The van der Waals surface area contributed by atoms with Crippen LogP contribution in [0.15, 0.2) is 35.3 Å². The Morgan fingerprint density at radius 1 is 1.27 bits per heavy atom. The lowest BCUT2D eigenvalue weighted by Gasteiger charge is -2.34. The standard InChI is InChI=1S/C20H16ClF2N3O4/c21-14-13(22)5-4-10(15(14)23)7-24-19(29)12-9-26-11-3-1-2-6-25(8-11)20(30)16(26)18(28)17(12)27/h1-2,4-5,9,11,28H,3,6-8H2,(H,24,29). The highest BCUT2D eigenvalue weighted by molar-refractivity contribution is 6.30. The van der Waals surface area contributed by atoms with E-state index in [4.69, 9.17) is 11.6 Å². The van der Waals surface area contributed by atoms with E-state index in [-0.39, 0.29) is 29.4 Å². The van der Waals surface area contributed by atoms with Crippen LogP contribution in [0.3, 0.4) is 0 Å². The molecule has 156 valence electrons. The van der Waals surface area contributed by atoms with Gasteiger partial charge in [0.05, 0.1) is 6.04 Å². The summed E-state index contributed by atoms with van der Waals surface area (Å²) < 4.78 is 28.7. The van der Waals surface area contributed by atoms with E-state index in [0.29, 0.717) is 19.5 Å². The number of allylic oxidation sites excluding steroid dienone is 1. The third-order valence-electron chi connectivity index (χ3n) is 5.22. The fourth-order valence-corrected chi connectivity index (χ4v) is 3.81. The molecule has 2 aliphatic rings. The normalized spacial score (nSPS) is 17.5. The summed E-state index contributed by atoms with van der Waals surface area (Å²) >= 11 is 5.53. The number of halogens is 3. The third kappa shape index (κ3) is 3.24. The first-order chi connectivity index (χ1) is 14.3. The van der Waals surface area contributed by atoms with Gasteiger partial charge in [-0.2, -0.15) is 0 Å². The predicted molar refractivity (Wildman–Crippen MR) is 104 cm³/mol. The Kier molecular flexibility index (Phi) is 5.07. The molecule has 10 heteroatoms. The Bertz CT molecular complexity index is 1160. The second kappa shape index (κ2) is 7.56. The second-order valence-corrected chi connectivity index (χ2v) is 7.44. The van der Waals surface area contributed by atoms with Crippen molar-refractivity contribution in [2.24, 2.45) is 0 Å². The van der Waals surface area contributed by atoms with E-state index in [1.165, 1.54) is 15.7 Å². The number of rotatable bonds is 3. The fourth-order valence-electron chi connectivity index (χ4n) is 3.63. The van der Waals surface area contributed by atoms with Crippen LogP contribution in [0.4, 0.5) is 8.78 Å². The zero-order valence-corrected chi connectivity index (χ0v) is 16.2. The van der Waals surface area contributed by atoms with E-state index < -0.39 is 39.6 Å². The number of hydrogen-bond donors (Lipinski definition) is 2. The summed E-state index contributed by atoms with van der Waals surface area (Å²) in [6, 6.07) is 1.84. The zero-order chi connectivity index (χ0) is 21.6. The van der Waals surface area contributed by atoms with Gasteiger partial charge in [-0.3, -0.25) is 14.4 Å². The molecule has 7 nitrogen and oxygen atoms in total. The molecule has 2 aromatic rings. The maximum atomic E-state index is 14.0. The number of pyridine rings is 1. The summed E-state index contributed by atoms with van der Waals surface area (Å²) in [5.41, 5.74) is -1.62. The van der Waals surface area contributed by atoms with E-state index in [0.717, 1.165) is 12.1 Å². The van der Waals surface area contributed by atoms with Crippen molar-refractivity contribution in [3.05, 3.63) is 74.2 Å². The van der Waals surface area contributed by atoms with Crippen LogP contribution >= 0.6 is 11.6 Å². The Morgan fingerprint density at radius 2 is 2.03 bits per heavy atom. The molecule has 2 bridgehead atoms. The van der Waals surface area contributed by atoms with Crippen LogP contribution in [0.1, 0.15) is 38.9 Å². The number of nitrogens with zero attached hydrogens (tertiary/aromatic N) is 2. The van der Waals surface area contributed by atoms with E-state index in [9.17, 15) is 28.3 Å². The predicted octanol–water partition coefficient (Wildman–Crippen LogP) is 2.37. The van der Waals surface area contributed by atoms with E-state index >= 15 is 0 Å². The van der Waals surface area contributed by atoms with Crippen LogP contribution in [0.2, 0.25) is 5.02 Å². The largest absolute Gasteiger partial charge is 0.503 e. The van der Waals surface area contributed by atoms with Crippen LogP contribution in [0, 0.1) is 11.6 Å². The van der Waals surface area contributed by atoms with Gasteiger partial charge in [-0.1, -0.05) is 29.8 Å². The topological polar surface area (TPSA) is 91.6 Å². The lowest BCUT2D eigenvalue weighted by Crippen LogP contribution is -2.44. The van der Waals surface area contributed by atoms with Crippen molar-refractivity contribution in [2.45, 2.75) is 19.0 Å². The highest BCUT2D eigenvalue weighted by atomic mass is 35.5. The number of aromatic nitrogens is 1. The molecule has 2 amide bonds. The Balaban J connectivity index is 1.66. The Morgan fingerprint density at radius 3 is 2.80 bits per heavy atom.